The SMILES string of the molecule is N#Cc1cccc(N2C(=O)OCCC2C(=O)O)c1. The highest BCUT2D eigenvalue weighted by atomic mass is 16.6. The zero-order valence-corrected chi connectivity index (χ0v) is 9.37. The summed E-state index contributed by atoms with van der Waals surface area (Å²) in [6.45, 7) is 0.0875. The number of aliphatic carboxylic acids is 1. The van der Waals surface area contributed by atoms with E-state index in [0.717, 1.165) is 4.90 Å². The number of carboxylic acids is 1. The fourth-order valence-electron chi connectivity index (χ4n) is 1.83. The molecule has 1 unspecified atom stereocenters. The van der Waals surface area contributed by atoms with Gasteiger partial charge in [0.05, 0.1) is 18.2 Å². The Morgan fingerprint density at radius 1 is 1.56 bits per heavy atom. The van der Waals surface area contributed by atoms with Gasteiger partial charge in [0, 0.05) is 12.1 Å². The molecule has 0 aliphatic carbocycles. The maximum atomic E-state index is 11.7. The van der Waals surface area contributed by atoms with Gasteiger partial charge in [-0.1, -0.05) is 6.07 Å². The third kappa shape index (κ3) is 2.11. The molecule has 6 nitrogen and oxygen atoms in total. The number of carboxylic acid groups (broad SMARTS) is 1. The molecule has 1 saturated heterocycles. The number of benzene rings is 1. The van der Waals surface area contributed by atoms with E-state index in [1.165, 1.54) is 6.07 Å². The van der Waals surface area contributed by atoms with Crippen molar-refractivity contribution in [2.75, 3.05) is 11.5 Å². The minimum absolute atomic E-state index is 0.0875. The van der Waals surface area contributed by atoms with Gasteiger partial charge in [0.2, 0.25) is 0 Å². The van der Waals surface area contributed by atoms with Gasteiger partial charge in [0.15, 0.2) is 0 Å². The summed E-state index contributed by atoms with van der Waals surface area (Å²) in [5.74, 6) is -1.09. The second-order valence-corrected chi connectivity index (χ2v) is 3.79. The van der Waals surface area contributed by atoms with Gasteiger partial charge in [0.25, 0.3) is 0 Å². The number of hydrogen-bond acceptors (Lipinski definition) is 4. The summed E-state index contributed by atoms with van der Waals surface area (Å²) in [4.78, 5) is 23.9. The van der Waals surface area contributed by atoms with E-state index >= 15 is 0 Å². The number of cyclic esters (lactones) is 1. The third-order valence-corrected chi connectivity index (χ3v) is 2.66. The van der Waals surface area contributed by atoms with Crippen molar-refractivity contribution in [1.82, 2.24) is 0 Å². The quantitative estimate of drug-likeness (QED) is 0.850. The molecule has 2 rings (SSSR count). The van der Waals surface area contributed by atoms with Gasteiger partial charge in [-0.15, -0.1) is 0 Å². The molecule has 1 aliphatic heterocycles. The summed E-state index contributed by atoms with van der Waals surface area (Å²) in [6, 6.07) is 7.18. The number of nitriles is 1. The van der Waals surface area contributed by atoms with Crippen molar-refractivity contribution < 1.29 is 19.4 Å². The number of amides is 1. The molecule has 1 aliphatic rings. The van der Waals surface area contributed by atoms with Crippen molar-refractivity contribution in [3.8, 4) is 6.07 Å². The molecular formula is C12H10N2O4. The van der Waals surface area contributed by atoms with Gasteiger partial charge in [-0.2, -0.15) is 5.26 Å². The van der Waals surface area contributed by atoms with Crippen LogP contribution in [0, 0.1) is 11.3 Å². The maximum Gasteiger partial charge on any atom is 0.415 e. The Balaban J connectivity index is 2.40. The molecule has 18 heavy (non-hydrogen) atoms. The predicted octanol–water partition coefficient (Wildman–Crippen LogP) is 1.36. The van der Waals surface area contributed by atoms with E-state index in [1.54, 1.807) is 18.2 Å². The first-order chi connectivity index (χ1) is 8.63. The molecule has 1 aromatic rings. The standard InChI is InChI=1S/C12H10N2O4/c13-7-8-2-1-3-9(6-8)14-10(11(15)16)4-5-18-12(14)17/h1-3,6,10H,4-5H2,(H,15,16). The fourth-order valence-corrected chi connectivity index (χ4v) is 1.83. The zero-order valence-electron chi connectivity index (χ0n) is 9.37. The molecule has 1 amide bonds. The largest absolute Gasteiger partial charge is 0.480 e. The summed E-state index contributed by atoms with van der Waals surface area (Å²) in [5.41, 5.74) is 0.709. The topological polar surface area (TPSA) is 90.6 Å². The van der Waals surface area contributed by atoms with Gasteiger partial charge in [-0.3, -0.25) is 4.90 Å². The van der Waals surface area contributed by atoms with E-state index < -0.39 is 18.1 Å². The van der Waals surface area contributed by atoms with Gasteiger partial charge in [-0.25, -0.2) is 9.59 Å². The van der Waals surface area contributed by atoms with Crippen molar-refractivity contribution in [2.24, 2.45) is 0 Å². The normalized spacial score (nSPS) is 18.9. The Kier molecular flexibility index (Phi) is 3.15. The van der Waals surface area contributed by atoms with Crippen LogP contribution in [0.25, 0.3) is 0 Å². The molecule has 0 bridgehead atoms. The Bertz CT molecular complexity index is 535. The van der Waals surface area contributed by atoms with Gasteiger partial charge < -0.3 is 9.84 Å². The summed E-state index contributed by atoms with van der Waals surface area (Å²) < 4.78 is 4.84. The molecule has 0 aromatic heterocycles. The average molecular weight is 246 g/mol. The van der Waals surface area contributed by atoms with Gasteiger partial charge >= 0.3 is 12.1 Å². The van der Waals surface area contributed by atoms with Crippen molar-refractivity contribution in [2.45, 2.75) is 12.5 Å². The minimum Gasteiger partial charge on any atom is -0.480 e. The number of rotatable bonds is 2. The Morgan fingerprint density at radius 3 is 3.00 bits per heavy atom. The highest BCUT2D eigenvalue weighted by Gasteiger charge is 2.35. The fraction of sp³-hybridized carbons (Fsp3) is 0.250. The predicted molar refractivity (Wildman–Crippen MR) is 61.0 cm³/mol. The molecule has 92 valence electrons. The van der Waals surface area contributed by atoms with Crippen LogP contribution in [-0.2, 0) is 9.53 Å². The van der Waals surface area contributed by atoms with E-state index in [4.69, 9.17) is 15.1 Å². The summed E-state index contributed by atoms with van der Waals surface area (Å²) >= 11 is 0. The van der Waals surface area contributed by atoms with Crippen LogP contribution in [0.2, 0.25) is 0 Å². The van der Waals surface area contributed by atoms with Gasteiger partial charge in [0.1, 0.15) is 6.04 Å². The van der Waals surface area contributed by atoms with Crippen LogP contribution in [0.1, 0.15) is 12.0 Å². The van der Waals surface area contributed by atoms with Crippen molar-refractivity contribution >= 4 is 17.7 Å². The van der Waals surface area contributed by atoms with Crippen molar-refractivity contribution in [3.63, 3.8) is 0 Å². The second kappa shape index (κ2) is 4.75. The first-order valence-corrected chi connectivity index (χ1v) is 5.32. The summed E-state index contributed by atoms with van der Waals surface area (Å²) in [7, 11) is 0. The van der Waals surface area contributed by atoms with Gasteiger partial charge in [-0.05, 0) is 18.2 Å². The highest BCUT2D eigenvalue weighted by Crippen LogP contribution is 2.24. The zero-order chi connectivity index (χ0) is 13.1. The van der Waals surface area contributed by atoms with Crippen LogP contribution in [-0.4, -0.2) is 29.8 Å². The molecule has 1 N–H and O–H groups in total. The van der Waals surface area contributed by atoms with E-state index in [1.807, 2.05) is 6.07 Å². The monoisotopic (exact) mass is 246 g/mol. The van der Waals surface area contributed by atoms with Crippen LogP contribution >= 0.6 is 0 Å². The molecule has 1 atom stereocenters. The third-order valence-electron chi connectivity index (χ3n) is 2.66. The van der Waals surface area contributed by atoms with Crippen molar-refractivity contribution in [3.05, 3.63) is 29.8 Å². The Hall–Kier alpha value is -2.55. The first-order valence-electron chi connectivity index (χ1n) is 5.32. The number of anilines is 1. The smallest absolute Gasteiger partial charge is 0.415 e. The lowest BCUT2D eigenvalue weighted by Gasteiger charge is -2.32. The van der Waals surface area contributed by atoms with Crippen LogP contribution in [0.3, 0.4) is 0 Å². The lowest BCUT2D eigenvalue weighted by molar-refractivity contribution is -0.139. The second-order valence-electron chi connectivity index (χ2n) is 3.79. The summed E-state index contributed by atoms with van der Waals surface area (Å²) in [6.07, 6.45) is -0.485. The maximum absolute atomic E-state index is 11.7. The van der Waals surface area contributed by atoms with Crippen LogP contribution < -0.4 is 4.90 Å². The molecular weight excluding hydrogens is 236 g/mol. The molecule has 1 fully saturated rings. The average Bonchev–Trinajstić information content (AvgIpc) is 2.38. The number of carbonyl (C=O) groups excluding carboxylic acids is 1. The van der Waals surface area contributed by atoms with Crippen LogP contribution in [0.4, 0.5) is 10.5 Å². The number of nitrogens with zero attached hydrogens (tertiary/aromatic N) is 2. The Morgan fingerprint density at radius 2 is 2.33 bits per heavy atom. The highest BCUT2D eigenvalue weighted by molar-refractivity contribution is 5.96. The lowest BCUT2D eigenvalue weighted by Crippen LogP contribution is -2.50. The molecule has 1 aromatic carbocycles. The lowest BCUT2D eigenvalue weighted by atomic mass is 10.1. The first kappa shape index (κ1) is 11.9. The molecule has 0 spiro atoms. The van der Waals surface area contributed by atoms with E-state index in [9.17, 15) is 9.59 Å². The van der Waals surface area contributed by atoms with Crippen LogP contribution in [0.15, 0.2) is 24.3 Å². The molecule has 0 saturated carbocycles. The Labute approximate surface area is 103 Å². The van der Waals surface area contributed by atoms with E-state index in [2.05, 4.69) is 0 Å². The van der Waals surface area contributed by atoms with Crippen LogP contribution in [0.5, 0.6) is 0 Å². The van der Waals surface area contributed by atoms with Crippen molar-refractivity contribution in [1.29, 1.82) is 5.26 Å². The minimum atomic E-state index is -1.09. The number of ether oxygens (including phenoxy) is 1. The summed E-state index contributed by atoms with van der Waals surface area (Å²) in [5, 5.41) is 17.9. The number of hydrogen-bond donors (Lipinski definition) is 1. The molecule has 0 radical (unpaired) electrons. The van der Waals surface area contributed by atoms with E-state index in [0.29, 0.717) is 11.3 Å². The van der Waals surface area contributed by atoms with E-state index in [-0.39, 0.29) is 13.0 Å². The molecule has 6 heteroatoms. The number of carbonyl (C=O) groups is 2. The molecule has 1 heterocycles.